The molecule has 0 amide bonds. The van der Waals surface area contributed by atoms with E-state index in [-0.39, 0.29) is 0 Å². The van der Waals surface area contributed by atoms with Crippen molar-refractivity contribution in [3.8, 4) is 22.8 Å². The highest BCUT2D eigenvalue weighted by atomic mass is 14.8. The number of rotatable bonds is 9. The van der Waals surface area contributed by atoms with Gasteiger partial charge in [-0.1, -0.05) is 12.8 Å². The van der Waals surface area contributed by atoms with Crippen LogP contribution < -0.4 is 0 Å². The third kappa shape index (κ3) is 6.07. The molecule has 4 nitrogen and oxygen atoms in total. The molecule has 0 atom stereocenters. The molecule has 0 aliphatic rings. The summed E-state index contributed by atoms with van der Waals surface area (Å²) >= 11 is 0. The molecule has 0 aliphatic carbocycles. The quantitative estimate of drug-likeness (QED) is 0.287. The summed E-state index contributed by atoms with van der Waals surface area (Å²) in [4.78, 5) is 17.9. The fraction of sp³-hybridized carbons (Fsp3) is 0.286. The maximum Gasteiger partial charge on any atom is 0.0888 e. The Morgan fingerprint density at radius 2 is 0.844 bits per heavy atom. The van der Waals surface area contributed by atoms with Gasteiger partial charge in [-0.2, -0.15) is 0 Å². The van der Waals surface area contributed by atoms with Crippen molar-refractivity contribution in [3.05, 3.63) is 95.6 Å². The van der Waals surface area contributed by atoms with Crippen molar-refractivity contribution >= 4 is 0 Å². The molecule has 4 heteroatoms. The lowest BCUT2D eigenvalue weighted by atomic mass is 10.0. The Kier molecular flexibility index (Phi) is 7.34. The molecule has 0 spiro atoms. The van der Waals surface area contributed by atoms with Gasteiger partial charge >= 0.3 is 0 Å². The predicted molar refractivity (Wildman–Crippen MR) is 130 cm³/mol. The zero-order chi connectivity index (χ0) is 22.2. The SMILES string of the molecule is Cc1ccnc(-c2cc(CCCCCCc3ccnc(-c4cc(C)ccn4)c3)ccn2)c1. The Morgan fingerprint density at radius 3 is 1.25 bits per heavy atom. The maximum atomic E-state index is 4.50. The van der Waals surface area contributed by atoms with E-state index in [0.29, 0.717) is 0 Å². The lowest BCUT2D eigenvalue weighted by Crippen LogP contribution is -1.93. The Morgan fingerprint density at radius 1 is 0.469 bits per heavy atom. The molecular weight excluding hydrogens is 392 g/mol. The summed E-state index contributed by atoms with van der Waals surface area (Å²) in [6.45, 7) is 4.17. The van der Waals surface area contributed by atoms with Gasteiger partial charge in [0, 0.05) is 24.8 Å². The minimum atomic E-state index is 0.949. The van der Waals surface area contributed by atoms with E-state index in [4.69, 9.17) is 0 Å². The van der Waals surface area contributed by atoms with Crippen molar-refractivity contribution < 1.29 is 0 Å². The maximum absolute atomic E-state index is 4.50. The van der Waals surface area contributed by atoms with Gasteiger partial charge < -0.3 is 0 Å². The van der Waals surface area contributed by atoms with Gasteiger partial charge in [0.15, 0.2) is 0 Å². The largest absolute Gasteiger partial charge is 0.255 e. The first-order valence-electron chi connectivity index (χ1n) is 11.4. The van der Waals surface area contributed by atoms with Gasteiger partial charge in [0.1, 0.15) is 0 Å². The Hall–Kier alpha value is -3.40. The van der Waals surface area contributed by atoms with Gasteiger partial charge in [0.25, 0.3) is 0 Å². The van der Waals surface area contributed by atoms with E-state index in [1.165, 1.54) is 47.9 Å². The van der Waals surface area contributed by atoms with Crippen LogP contribution in [-0.4, -0.2) is 19.9 Å². The first-order valence-corrected chi connectivity index (χ1v) is 11.4. The topological polar surface area (TPSA) is 51.6 Å². The van der Waals surface area contributed by atoms with E-state index < -0.39 is 0 Å². The second-order valence-electron chi connectivity index (χ2n) is 8.45. The van der Waals surface area contributed by atoms with Crippen molar-refractivity contribution in [2.45, 2.75) is 52.4 Å². The summed E-state index contributed by atoms with van der Waals surface area (Å²) in [5.74, 6) is 0. The zero-order valence-electron chi connectivity index (χ0n) is 19.0. The molecule has 162 valence electrons. The van der Waals surface area contributed by atoms with E-state index >= 15 is 0 Å². The number of aryl methyl sites for hydroxylation is 4. The molecule has 0 N–H and O–H groups in total. The molecule has 4 aromatic rings. The van der Waals surface area contributed by atoms with Crippen LogP contribution in [0.2, 0.25) is 0 Å². The number of pyridine rings is 4. The molecule has 0 saturated heterocycles. The van der Waals surface area contributed by atoms with Gasteiger partial charge in [-0.25, -0.2) is 0 Å². The van der Waals surface area contributed by atoms with E-state index in [9.17, 15) is 0 Å². The van der Waals surface area contributed by atoms with Crippen molar-refractivity contribution in [1.82, 2.24) is 19.9 Å². The van der Waals surface area contributed by atoms with Crippen LogP contribution in [0.5, 0.6) is 0 Å². The zero-order valence-corrected chi connectivity index (χ0v) is 19.0. The molecule has 4 heterocycles. The van der Waals surface area contributed by atoms with Crippen LogP contribution in [0, 0.1) is 13.8 Å². The monoisotopic (exact) mass is 422 g/mol. The minimum absolute atomic E-state index is 0.949. The molecule has 0 radical (unpaired) electrons. The molecule has 0 aromatic carbocycles. The first-order chi connectivity index (χ1) is 15.7. The lowest BCUT2D eigenvalue weighted by Gasteiger charge is -2.06. The number of unbranched alkanes of at least 4 members (excludes halogenated alkanes) is 3. The predicted octanol–water partition coefficient (Wildman–Crippen LogP) is 6.56. The van der Waals surface area contributed by atoms with Crippen LogP contribution in [-0.2, 0) is 12.8 Å². The summed E-state index contributed by atoms with van der Waals surface area (Å²) in [7, 11) is 0. The highest BCUT2D eigenvalue weighted by molar-refractivity contribution is 5.56. The fourth-order valence-electron chi connectivity index (χ4n) is 3.90. The van der Waals surface area contributed by atoms with Crippen LogP contribution in [0.25, 0.3) is 22.8 Å². The summed E-state index contributed by atoms with van der Waals surface area (Å²) in [6.07, 6.45) is 14.5. The molecule has 0 bridgehead atoms. The normalized spacial score (nSPS) is 10.9. The Bertz CT molecular complexity index is 1080. The molecule has 4 rings (SSSR count). The van der Waals surface area contributed by atoms with Gasteiger partial charge in [-0.3, -0.25) is 19.9 Å². The molecule has 4 aromatic heterocycles. The number of hydrogen-bond acceptors (Lipinski definition) is 4. The van der Waals surface area contributed by atoms with Crippen LogP contribution in [0.15, 0.2) is 73.3 Å². The molecule has 0 aliphatic heterocycles. The lowest BCUT2D eigenvalue weighted by molar-refractivity contribution is 0.640. The second-order valence-corrected chi connectivity index (χ2v) is 8.45. The van der Waals surface area contributed by atoms with Gasteiger partial charge in [-0.05, 0) is 110 Å². The van der Waals surface area contributed by atoms with Crippen LogP contribution in [0.3, 0.4) is 0 Å². The molecular formula is C28H30N4. The summed E-state index contributed by atoms with van der Waals surface area (Å²) in [5.41, 5.74) is 8.90. The van der Waals surface area contributed by atoms with Gasteiger partial charge in [0.05, 0.1) is 22.8 Å². The molecule has 32 heavy (non-hydrogen) atoms. The third-order valence-corrected chi connectivity index (χ3v) is 5.69. The average molecular weight is 423 g/mol. The summed E-state index contributed by atoms with van der Waals surface area (Å²) in [5, 5.41) is 0. The third-order valence-electron chi connectivity index (χ3n) is 5.69. The van der Waals surface area contributed by atoms with Crippen molar-refractivity contribution in [3.63, 3.8) is 0 Å². The highest BCUT2D eigenvalue weighted by Crippen LogP contribution is 2.19. The van der Waals surface area contributed by atoms with Gasteiger partial charge in [0.2, 0.25) is 0 Å². The second kappa shape index (κ2) is 10.8. The van der Waals surface area contributed by atoms with E-state index in [1.807, 2.05) is 36.9 Å². The van der Waals surface area contributed by atoms with E-state index in [1.54, 1.807) is 0 Å². The summed E-state index contributed by atoms with van der Waals surface area (Å²) in [6, 6.07) is 16.8. The molecule has 0 saturated carbocycles. The fourth-order valence-corrected chi connectivity index (χ4v) is 3.90. The minimum Gasteiger partial charge on any atom is -0.255 e. The molecule has 0 fully saturated rings. The van der Waals surface area contributed by atoms with Crippen molar-refractivity contribution in [2.75, 3.05) is 0 Å². The van der Waals surface area contributed by atoms with Gasteiger partial charge in [-0.15, -0.1) is 0 Å². The van der Waals surface area contributed by atoms with Crippen LogP contribution in [0.4, 0.5) is 0 Å². The Labute approximate surface area is 190 Å². The number of hydrogen-bond donors (Lipinski definition) is 0. The van der Waals surface area contributed by atoms with Crippen molar-refractivity contribution in [1.29, 1.82) is 0 Å². The summed E-state index contributed by atoms with van der Waals surface area (Å²) < 4.78 is 0. The smallest absolute Gasteiger partial charge is 0.0888 e. The van der Waals surface area contributed by atoms with E-state index in [2.05, 4.69) is 70.2 Å². The standard InChI is InChI=1S/C28H30N4/c1-21-9-13-29-25(17-21)27-19-23(11-15-31-27)7-5-3-4-6-8-24-12-16-32-28(20-24)26-18-22(2)10-14-30-26/h9-20H,3-8H2,1-2H3. The Balaban J connectivity index is 1.23. The number of nitrogens with zero attached hydrogens (tertiary/aromatic N) is 4. The van der Waals surface area contributed by atoms with Crippen LogP contribution >= 0.6 is 0 Å². The molecule has 0 unspecified atom stereocenters. The van der Waals surface area contributed by atoms with Crippen LogP contribution in [0.1, 0.15) is 47.9 Å². The van der Waals surface area contributed by atoms with Crippen molar-refractivity contribution in [2.24, 2.45) is 0 Å². The average Bonchev–Trinajstić information content (AvgIpc) is 2.82. The van der Waals surface area contributed by atoms with E-state index in [0.717, 1.165) is 35.6 Å². The highest BCUT2D eigenvalue weighted by Gasteiger charge is 2.05. The number of aromatic nitrogens is 4. The first kappa shape index (κ1) is 21.8.